The van der Waals surface area contributed by atoms with Crippen LogP contribution in [0.4, 0.5) is 0 Å². The van der Waals surface area contributed by atoms with Gasteiger partial charge in [0.15, 0.2) is 0 Å². The Balaban J connectivity index is 1.63. The average Bonchev–Trinajstić information content (AvgIpc) is 3.05. The van der Waals surface area contributed by atoms with Gasteiger partial charge < -0.3 is 5.11 Å². The molecule has 4 aliphatic carbocycles. The van der Waals surface area contributed by atoms with Gasteiger partial charge in [0.05, 0.1) is 0 Å². The molecule has 4 rings (SSSR count). The molecule has 0 aromatic heterocycles. The van der Waals surface area contributed by atoms with Crippen molar-refractivity contribution in [3.63, 3.8) is 0 Å². The van der Waals surface area contributed by atoms with Crippen molar-refractivity contribution in [3.05, 3.63) is 0 Å². The second-order valence-corrected chi connectivity index (χ2v) is 11.6. The number of carbonyl (C=O) groups is 3. The van der Waals surface area contributed by atoms with E-state index in [-0.39, 0.29) is 35.0 Å². The van der Waals surface area contributed by atoms with Gasteiger partial charge in [-0.25, -0.2) is 0 Å². The van der Waals surface area contributed by atoms with Gasteiger partial charge in [-0.15, -0.1) is 0 Å². The van der Waals surface area contributed by atoms with Crippen LogP contribution < -0.4 is 0 Å². The highest BCUT2D eigenvalue weighted by Gasteiger charge is 2.65. The third-order valence-corrected chi connectivity index (χ3v) is 10.5. The molecule has 4 fully saturated rings. The van der Waals surface area contributed by atoms with Crippen LogP contribution in [-0.2, 0) is 14.4 Å². The first kappa shape index (κ1) is 22.0. The molecule has 4 aliphatic rings. The van der Waals surface area contributed by atoms with Gasteiger partial charge in [-0.1, -0.05) is 27.7 Å². The van der Waals surface area contributed by atoms with Crippen molar-refractivity contribution in [2.75, 3.05) is 0 Å². The molecule has 30 heavy (non-hydrogen) atoms. The third kappa shape index (κ3) is 3.19. The topological polar surface area (TPSA) is 71.4 Å². The standard InChI is InChI=1S/C26H40O4/c1-5-17-21-14-16(27)10-12-26(21,4)20-11-13-25(3)18(15(2)6-9-22(28)29)7-8-19(25)23(20)24(17)30/h15,17-21,23H,5-14H2,1-4H3,(H,28,29). The van der Waals surface area contributed by atoms with Gasteiger partial charge in [-0.05, 0) is 85.4 Å². The monoisotopic (exact) mass is 416 g/mol. The van der Waals surface area contributed by atoms with Crippen LogP contribution in [0.1, 0.15) is 91.9 Å². The fraction of sp³-hybridized carbons (Fsp3) is 0.885. The summed E-state index contributed by atoms with van der Waals surface area (Å²) in [5.74, 6) is 2.34. The molecule has 0 bridgehead atoms. The van der Waals surface area contributed by atoms with Crippen molar-refractivity contribution in [2.24, 2.45) is 52.3 Å². The van der Waals surface area contributed by atoms with Crippen molar-refractivity contribution >= 4 is 17.5 Å². The van der Waals surface area contributed by atoms with Gasteiger partial charge >= 0.3 is 5.97 Å². The zero-order chi connectivity index (χ0) is 21.8. The molecule has 0 radical (unpaired) electrons. The van der Waals surface area contributed by atoms with Gasteiger partial charge in [-0.2, -0.15) is 0 Å². The third-order valence-electron chi connectivity index (χ3n) is 10.5. The molecule has 4 heteroatoms. The second-order valence-electron chi connectivity index (χ2n) is 11.6. The summed E-state index contributed by atoms with van der Waals surface area (Å²) in [6.07, 6.45) is 8.61. The molecule has 4 saturated carbocycles. The molecule has 9 atom stereocenters. The first-order valence-corrected chi connectivity index (χ1v) is 12.4. The van der Waals surface area contributed by atoms with Crippen LogP contribution in [0.2, 0.25) is 0 Å². The van der Waals surface area contributed by atoms with E-state index in [0.29, 0.717) is 48.1 Å². The zero-order valence-corrected chi connectivity index (χ0v) is 19.3. The van der Waals surface area contributed by atoms with E-state index in [1.165, 1.54) is 0 Å². The highest BCUT2D eigenvalue weighted by atomic mass is 16.4. The summed E-state index contributed by atoms with van der Waals surface area (Å²) in [4.78, 5) is 37.3. The number of carboxylic acid groups (broad SMARTS) is 1. The maximum absolute atomic E-state index is 13.9. The molecule has 1 N–H and O–H groups in total. The summed E-state index contributed by atoms with van der Waals surface area (Å²) in [7, 11) is 0. The van der Waals surface area contributed by atoms with Crippen molar-refractivity contribution in [1.82, 2.24) is 0 Å². The van der Waals surface area contributed by atoms with E-state index in [1.807, 2.05) is 0 Å². The Morgan fingerprint density at radius 3 is 2.43 bits per heavy atom. The van der Waals surface area contributed by atoms with Crippen LogP contribution in [0.5, 0.6) is 0 Å². The number of aliphatic carboxylic acids is 1. The van der Waals surface area contributed by atoms with Crippen molar-refractivity contribution in [1.29, 1.82) is 0 Å². The van der Waals surface area contributed by atoms with Crippen molar-refractivity contribution in [3.8, 4) is 0 Å². The van der Waals surface area contributed by atoms with Crippen LogP contribution >= 0.6 is 0 Å². The average molecular weight is 417 g/mol. The summed E-state index contributed by atoms with van der Waals surface area (Å²) in [6, 6.07) is 0. The van der Waals surface area contributed by atoms with Crippen LogP contribution in [0.15, 0.2) is 0 Å². The fourth-order valence-electron chi connectivity index (χ4n) is 8.97. The predicted molar refractivity (Wildman–Crippen MR) is 116 cm³/mol. The Morgan fingerprint density at radius 1 is 1.07 bits per heavy atom. The zero-order valence-electron chi connectivity index (χ0n) is 19.3. The quantitative estimate of drug-likeness (QED) is 0.639. The summed E-state index contributed by atoms with van der Waals surface area (Å²) >= 11 is 0. The highest BCUT2D eigenvalue weighted by molar-refractivity contribution is 5.88. The maximum Gasteiger partial charge on any atom is 0.303 e. The van der Waals surface area contributed by atoms with Crippen LogP contribution in [0.3, 0.4) is 0 Å². The molecule has 0 aromatic carbocycles. The Bertz CT molecular complexity index is 729. The maximum atomic E-state index is 13.9. The highest BCUT2D eigenvalue weighted by Crippen LogP contribution is 2.68. The minimum atomic E-state index is -0.704. The molecule has 9 unspecified atom stereocenters. The number of Topliss-reactive ketones (excluding diaryl/α,β-unsaturated/α-hetero) is 2. The van der Waals surface area contributed by atoms with E-state index in [1.54, 1.807) is 0 Å². The molecular formula is C26H40O4. The minimum Gasteiger partial charge on any atom is -0.481 e. The van der Waals surface area contributed by atoms with Gasteiger partial charge in [0.1, 0.15) is 11.6 Å². The molecule has 0 heterocycles. The lowest BCUT2D eigenvalue weighted by Gasteiger charge is -2.61. The van der Waals surface area contributed by atoms with Gasteiger partial charge in [0, 0.05) is 31.1 Å². The number of ketones is 2. The summed E-state index contributed by atoms with van der Waals surface area (Å²) in [5, 5.41) is 9.14. The SMILES string of the molecule is CCC1C(=O)C2C3CCC(C(C)CCC(=O)O)C3(C)CCC2C2(C)CCC(=O)CC12. The van der Waals surface area contributed by atoms with Crippen LogP contribution in [0, 0.1) is 52.3 Å². The van der Waals surface area contributed by atoms with Crippen molar-refractivity contribution < 1.29 is 19.5 Å². The minimum absolute atomic E-state index is 0.0475. The number of hydrogen-bond acceptors (Lipinski definition) is 3. The van der Waals surface area contributed by atoms with Gasteiger partial charge in [0.2, 0.25) is 0 Å². The number of hydrogen-bond donors (Lipinski definition) is 1. The summed E-state index contributed by atoms with van der Waals surface area (Å²) < 4.78 is 0. The van der Waals surface area contributed by atoms with E-state index >= 15 is 0 Å². The lowest BCUT2D eigenvalue weighted by Crippen LogP contribution is -2.60. The van der Waals surface area contributed by atoms with Crippen molar-refractivity contribution in [2.45, 2.75) is 91.9 Å². The summed E-state index contributed by atoms with van der Waals surface area (Å²) in [6.45, 7) is 9.18. The molecule has 0 aromatic rings. The molecule has 0 saturated heterocycles. The number of carbonyl (C=O) groups excluding carboxylic acids is 2. The van der Waals surface area contributed by atoms with Crippen LogP contribution in [0.25, 0.3) is 0 Å². The Kier molecular flexibility index (Phi) is 5.68. The van der Waals surface area contributed by atoms with E-state index in [2.05, 4.69) is 27.7 Å². The fourth-order valence-corrected chi connectivity index (χ4v) is 8.97. The first-order valence-electron chi connectivity index (χ1n) is 12.4. The van der Waals surface area contributed by atoms with E-state index < -0.39 is 5.97 Å². The van der Waals surface area contributed by atoms with Gasteiger partial charge in [-0.3, -0.25) is 14.4 Å². The molecule has 0 aliphatic heterocycles. The molecule has 0 amide bonds. The normalized spacial score (nSPS) is 46.7. The lowest BCUT2D eigenvalue weighted by molar-refractivity contribution is -0.169. The molecular weight excluding hydrogens is 376 g/mol. The number of fused-ring (bicyclic) bond motifs is 5. The second kappa shape index (κ2) is 7.74. The lowest BCUT2D eigenvalue weighted by atomic mass is 9.42. The van der Waals surface area contributed by atoms with E-state index in [4.69, 9.17) is 5.11 Å². The number of carboxylic acids is 1. The van der Waals surface area contributed by atoms with E-state index in [9.17, 15) is 14.4 Å². The Labute approximate surface area is 181 Å². The predicted octanol–water partition coefficient (Wildman–Crippen LogP) is 5.53. The van der Waals surface area contributed by atoms with Crippen LogP contribution in [-0.4, -0.2) is 22.6 Å². The smallest absolute Gasteiger partial charge is 0.303 e. The molecule has 4 nitrogen and oxygen atoms in total. The van der Waals surface area contributed by atoms with Gasteiger partial charge in [0.25, 0.3) is 0 Å². The largest absolute Gasteiger partial charge is 0.481 e. The Morgan fingerprint density at radius 2 is 1.77 bits per heavy atom. The Hall–Kier alpha value is -1.19. The summed E-state index contributed by atoms with van der Waals surface area (Å²) in [5.41, 5.74) is 0.280. The van der Waals surface area contributed by atoms with E-state index in [0.717, 1.165) is 44.9 Å². The first-order chi connectivity index (χ1) is 14.1. The molecule has 168 valence electrons. The number of rotatable bonds is 5. The molecule has 0 spiro atoms.